The second-order valence-corrected chi connectivity index (χ2v) is 9.62. The molecule has 2 N–H and O–H groups in total. The van der Waals surface area contributed by atoms with Gasteiger partial charge >= 0.3 is 0 Å². The molecule has 3 atom stereocenters. The maximum absolute atomic E-state index is 6.47. The summed E-state index contributed by atoms with van der Waals surface area (Å²) >= 11 is 0. The predicted molar refractivity (Wildman–Crippen MR) is 92.3 cm³/mol. The lowest BCUT2D eigenvalue weighted by Crippen LogP contribution is -2.45. The molecule has 1 heterocycles. The fraction of sp³-hybridized carbons (Fsp3) is 1.00. The zero-order valence-corrected chi connectivity index (χ0v) is 15.1. The van der Waals surface area contributed by atoms with E-state index in [9.17, 15) is 0 Å². The number of hydrogen-bond donors (Lipinski definition) is 1. The quantitative estimate of drug-likeness (QED) is 0.823. The molecule has 2 rings (SSSR count). The second kappa shape index (κ2) is 6.58. The highest BCUT2D eigenvalue weighted by Gasteiger charge is 2.35. The van der Waals surface area contributed by atoms with Gasteiger partial charge in [0.1, 0.15) is 0 Å². The summed E-state index contributed by atoms with van der Waals surface area (Å²) in [5.41, 5.74) is 7.45. The Labute approximate surface area is 132 Å². The average Bonchev–Trinajstić information content (AvgIpc) is 2.52. The summed E-state index contributed by atoms with van der Waals surface area (Å²) in [6, 6.07) is 0.430. The Hall–Kier alpha value is -0.0800. The minimum absolute atomic E-state index is 0.430. The number of nitrogens with two attached hydrogens (primary N) is 1. The van der Waals surface area contributed by atoms with Crippen LogP contribution < -0.4 is 5.73 Å². The van der Waals surface area contributed by atoms with Crippen LogP contribution in [0.15, 0.2) is 0 Å². The van der Waals surface area contributed by atoms with E-state index in [2.05, 4.69) is 39.5 Å². The Bertz CT molecular complexity index is 329. The molecule has 2 heteroatoms. The van der Waals surface area contributed by atoms with Crippen molar-refractivity contribution in [3.63, 3.8) is 0 Å². The fourth-order valence-corrected chi connectivity index (χ4v) is 4.28. The molecule has 1 aliphatic carbocycles. The summed E-state index contributed by atoms with van der Waals surface area (Å²) in [6.07, 6.45) is 7.98. The van der Waals surface area contributed by atoms with Crippen molar-refractivity contribution in [1.82, 2.24) is 4.90 Å². The van der Waals surface area contributed by atoms with Crippen LogP contribution in [0.2, 0.25) is 0 Å². The van der Waals surface area contributed by atoms with Crippen LogP contribution in [0.4, 0.5) is 0 Å². The Kier molecular flexibility index (Phi) is 5.41. The van der Waals surface area contributed by atoms with Crippen molar-refractivity contribution >= 4 is 0 Å². The van der Waals surface area contributed by atoms with E-state index in [0.29, 0.717) is 22.8 Å². The van der Waals surface area contributed by atoms with Crippen LogP contribution in [0.5, 0.6) is 0 Å². The van der Waals surface area contributed by atoms with Crippen molar-refractivity contribution in [2.24, 2.45) is 28.4 Å². The molecule has 0 aromatic rings. The third kappa shape index (κ3) is 4.96. The van der Waals surface area contributed by atoms with Crippen LogP contribution in [-0.2, 0) is 0 Å². The van der Waals surface area contributed by atoms with Gasteiger partial charge in [0, 0.05) is 12.6 Å². The first kappa shape index (κ1) is 17.3. The van der Waals surface area contributed by atoms with Crippen molar-refractivity contribution in [3.05, 3.63) is 0 Å². The Morgan fingerprint density at radius 3 is 2.48 bits per heavy atom. The lowest BCUT2D eigenvalue weighted by atomic mass is 9.67. The first-order valence-electron chi connectivity index (χ1n) is 9.15. The van der Waals surface area contributed by atoms with Gasteiger partial charge in [0.15, 0.2) is 0 Å². The van der Waals surface area contributed by atoms with Crippen molar-refractivity contribution in [3.8, 4) is 0 Å². The van der Waals surface area contributed by atoms with Gasteiger partial charge in [-0.05, 0) is 74.3 Å². The molecule has 2 fully saturated rings. The van der Waals surface area contributed by atoms with E-state index in [1.807, 2.05) is 0 Å². The van der Waals surface area contributed by atoms with Crippen LogP contribution in [0, 0.1) is 22.7 Å². The Balaban J connectivity index is 1.91. The SMILES string of the molecule is CC1(C)CCCN(CC2CC(C(C)(C)C)CCC2N)CC1. The monoisotopic (exact) mass is 294 g/mol. The molecule has 0 amide bonds. The highest BCUT2D eigenvalue weighted by Crippen LogP contribution is 2.40. The molecule has 0 aromatic carbocycles. The maximum atomic E-state index is 6.47. The van der Waals surface area contributed by atoms with Crippen LogP contribution in [0.1, 0.15) is 73.1 Å². The van der Waals surface area contributed by atoms with Gasteiger partial charge in [-0.3, -0.25) is 0 Å². The molecule has 1 saturated carbocycles. The predicted octanol–water partition coefficient (Wildman–Crippen LogP) is 4.29. The Morgan fingerprint density at radius 2 is 1.81 bits per heavy atom. The second-order valence-electron chi connectivity index (χ2n) is 9.62. The minimum atomic E-state index is 0.430. The molecule has 2 aliphatic rings. The number of likely N-dealkylation sites (tertiary alicyclic amines) is 1. The molecule has 124 valence electrons. The molecule has 1 aliphatic heterocycles. The topological polar surface area (TPSA) is 29.3 Å². The van der Waals surface area contributed by atoms with E-state index in [-0.39, 0.29) is 0 Å². The fourth-order valence-electron chi connectivity index (χ4n) is 4.28. The molecule has 0 bridgehead atoms. The molecule has 0 spiro atoms. The van der Waals surface area contributed by atoms with Gasteiger partial charge in [-0.2, -0.15) is 0 Å². The zero-order chi connectivity index (χ0) is 15.7. The highest BCUT2D eigenvalue weighted by atomic mass is 15.1. The third-order valence-electron chi connectivity index (χ3n) is 6.19. The molecule has 3 unspecified atom stereocenters. The molecular formula is C19H38N2. The number of rotatable bonds is 2. The lowest BCUT2D eigenvalue weighted by molar-refractivity contribution is 0.0990. The van der Waals surface area contributed by atoms with E-state index in [0.717, 1.165) is 5.92 Å². The van der Waals surface area contributed by atoms with Crippen LogP contribution >= 0.6 is 0 Å². The zero-order valence-electron chi connectivity index (χ0n) is 15.1. The summed E-state index contributed by atoms with van der Waals surface area (Å²) in [7, 11) is 0. The van der Waals surface area contributed by atoms with Gasteiger partial charge < -0.3 is 10.6 Å². The van der Waals surface area contributed by atoms with Gasteiger partial charge in [-0.1, -0.05) is 34.6 Å². The molecule has 1 saturated heterocycles. The normalized spacial score (nSPS) is 35.4. The Morgan fingerprint density at radius 1 is 1.10 bits per heavy atom. The van der Waals surface area contributed by atoms with Crippen LogP contribution in [0.25, 0.3) is 0 Å². The summed E-state index contributed by atoms with van der Waals surface area (Å²) in [4.78, 5) is 2.71. The van der Waals surface area contributed by atoms with Crippen molar-refractivity contribution in [1.29, 1.82) is 0 Å². The third-order valence-corrected chi connectivity index (χ3v) is 6.19. The van der Waals surface area contributed by atoms with E-state index < -0.39 is 0 Å². The minimum Gasteiger partial charge on any atom is -0.327 e. The van der Waals surface area contributed by atoms with E-state index in [1.165, 1.54) is 58.2 Å². The lowest BCUT2D eigenvalue weighted by Gasteiger charge is -2.42. The average molecular weight is 295 g/mol. The molecule has 2 nitrogen and oxygen atoms in total. The van der Waals surface area contributed by atoms with Crippen molar-refractivity contribution in [2.45, 2.75) is 79.2 Å². The van der Waals surface area contributed by atoms with Gasteiger partial charge in [0.05, 0.1) is 0 Å². The maximum Gasteiger partial charge on any atom is 0.00795 e. The summed E-state index contributed by atoms with van der Waals surface area (Å²) in [5.74, 6) is 1.56. The molecule has 0 aromatic heterocycles. The highest BCUT2D eigenvalue weighted by molar-refractivity contribution is 4.89. The molecule has 21 heavy (non-hydrogen) atoms. The molecule has 0 radical (unpaired) electrons. The van der Waals surface area contributed by atoms with Crippen LogP contribution in [0.3, 0.4) is 0 Å². The van der Waals surface area contributed by atoms with Gasteiger partial charge in [-0.15, -0.1) is 0 Å². The number of nitrogens with zero attached hydrogens (tertiary/aromatic N) is 1. The van der Waals surface area contributed by atoms with Crippen molar-refractivity contribution < 1.29 is 0 Å². The van der Waals surface area contributed by atoms with Gasteiger partial charge in [0.25, 0.3) is 0 Å². The standard InChI is InChI=1S/C19H38N2/c1-18(2,3)16-7-8-17(20)15(13-16)14-21-11-6-9-19(4,5)10-12-21/h15-17H,6-14,20H2,1-5H3. The smallest absolute Gasteiger partial charge is 0.00795 e. The molecular weight excluding hydrogens is 256 g/mol. The largest absolute Gasteiger partial charge is 0.327 e. The van der Waals surface area contributed by atoms with E-state index in [1.54, 1.807) is 0 Å². The van der Waals surface area contributed by atoms with E-state index in [4.69, 9.17) is 5.73 Å². The first-order chi connectivity index (χ1) is 9.67. The summed E-state index contributed by atoms with van der Waals surface area (Å²) < 4.78 is 0. The van der Waals surface area contributed by atoms with Crippen molar-refractivity contribution in [2.75, 3.05) is 19.6 Å². The first-order valence-corrected chi connectivity index (χ1v) is 9.15. The number of hydrogen-bond acceptors (Lipinski definition) is 2. The van der Waals surface area contributed by atoms with E-state index >= 15 is 0 Å². The summed E-state index contributed by atoms with van der Waals surface area (Å²) in [5, 5.41) is 0. The summed E-state index contributed by atoms with van der Waals surface area (Å²) in [6.45, 7) is 15.9. The van der Waals surface area contributed by atoms with Crippen LogP contribution in [-0.4, -0.2) is 30.6 Å². The van der Waals surface area contributed by atoms with Gasteiger partial charge in [-0.25, -0.2) is 0 Å². The van der Waals surface area contributed by atoms with Gasteiger partial charge in [0.2, 0.25) is 0 Å².